The van der Waals surface area contributed by atoms with E-state index in [9.17, 15) is 0 Å². The van der Waals surface area contributed by atoms with Gasteiger partial charge in [-0.15, -0.1) is 0 Å². The fraction of sp³-hybridized carbons (Fsp3) is 0.724. The fourth-order valence-electron chi connectivity index (χ4n) is 5.70. The van der Waals surface area contributed by atoms with E-state index in [0.29, 0.717) is 5.92 Å². The Balaban J connectivity index is 1.38. The van der Waals surface area contributed by atoms with Crippen molar-refractivity contribution in [3.05, 3.63) is 35.4 Å². The van der Waals surface area contributed by atoms with Crippen LogP contribution in [-0.4, -0.2) is 0 Å². The molecule has 0 saturated heterocycles. The van der Waals surface area contributed by atoms with Crippen LogP contribution in [0.4, 0.5) is 0 Å². The van der Waals surface area contributed by atoms with Crippen molar-refractivity contribution in [2.75, 3.05) is 0 Å². The lowest BCUT2D eigenvalue weighted by Crippen LogP contribution is -2.25. The van der Waals surface area contributed by atoms with Crippen molar-refractivity contribution < 1.29 is 0 Å². The minimum absolute atomic E-state index is 0.636. The fourth-order valence-corrected chi connectivity index (χ4v) is 5.70. The number of hydrogen-bond acceptors (Lipinski definition) is 0. The molecule has 0 heteroatoms. The van der Waals surface area contributed by atoms with Gasteiger partial charge in [-0.2, -0.15) is 0 Å². The van der Waals surface area contributed by atoms with Crippen molar-refractivity contribution in [3.8, 4) is 11.8 Å². The second-order valence-corrected chi connectivity index (χ2v) is 9.96. The third-order valence-corrected chi connectivity index (χ3v) is 7.74. The van der Waals surface area contributed by atoms with Gasteiger partial charge in [0.25, 0.3) is 0 Å². The van der Waals surface area contributed by atoms with Crippen LogP contribution < -0.4 is 0 Å². The summed E-state index contributed by atoms with van der Waals surface area (Å²) in [4.78, 5) is 0. The normalized spacial score (nSPS) is 27.2. The van der Waals surface area contributed by atoms with Crippen molar-refractivity contribution in [1.82, 2.24) is 0 Å². The first kappa shape index (κ1) is 22.5. The average Bonchev–Trinajstić information content (AvgIpc) is 2.78. The first-order chi connectivity index (χ1) is 14.3. The van der Waals surface area contributed by atoms with Gasteiger partial charge < -0.3 is 0 Å². The largest absolute Gasteiger partial charge is 0.0945 e. The van der Waals surface area contributed by atoms with E-state index < -0.39 is 0 Å². The van der Waals surface area contributed by atoms with Crippen molar-refractivity contribution in [2.45, 2.75) is 110 Å². The van der Waals surface area contributed by atoms with Crippen LogP contribution in [0.15, 0.2) is 24.3 Å². The van der Waals surface area contributed by atoms with E-state index in [0.717, 1.165) is 17.8 Å². The Kier molecular flexibility index (Phi) is 9.66. The first-order valence-corrected chi connectivity index (χ1v) is 12.9. The molecule has 2 aliphatic rings. The van der Waals surface area contributed by atoms with Gasteiger partial charge >= 0.3 is 0 Å². The van der Waals surface area contributed by atoms with Gasteiger partial charge in [-0.05, 0) is 86.8 Å². The van der Waals surface area contributed by atoms with Crippen molar-refractivity contribution in [2.24, 2.45) is 23.7 Å². The van der Waals surface area contributed by atoms with Gasteiger partial charge in [0.15, 0.2) is 0 Å². The van der Waals surface area contributed by atoms with E-state index in [-0.39, 0.29) is 0 Å². The van der Waals surface area contributed by atoms with Gasteiger partial charge in [0, 0.05) is 11.5 Å². The predicted molar refractivity (Wildman–Crippen MR) is 127 cm³/mol. The van der Waals surface area contributed by atoms with Crippen LogP contribution >= 0.6 is 0 Å². The first-order valence-electron chi connectivity index (χ1n) is 12.9. The van der Waals surface area contributed by atoms with Crippen LogP contribution in [-0.2, 0) is 6.42 Å². The Morgan fingerprint density at radius 3 is 1.97 bits per heavy atom. The molecule has 160 valence electrons. The molecule has 0 aromatic heterocycles. The number of benzene rings is 1. The number of rotatable bonds is 8. The number of unbranched alkanes of at least 4 members (excludes halogenated alkanes) is 3. The molecule has 1 aromatic carbocycles. The van der Waals surface area contributed by atoms with Gasteiger partial charge in [-0.25, -0.2) is 0 Å². The molecule has 2 saturated carbocycles. The third kappa shape index (κ3) is 7.51. The highest BCUT2D eigenvalue weighted by atomic mass is 14.3. The molecule has 1 aromatic rings. The summed E-state index contributed by atoms with van der Waals surface area (Å²) in [5, 5.41) is 0. The van der Waals surface area contributed by atoms with Crippen LogP contribution in [0.3, 0.4) is 0 Å². The van der Waals surface area contributed by atoms with Crippen LogP contribution in [0.5, 0.6) is 0 Å². The Morgan fingerprint density at radius 2 is 1.34 bits per heavy atom. The van der Waals surface area contributed by atoms with Gasteiger partial charge in [0.1, 0.15) is 0 Å². The SMILES string of the molecule is CCCCCc1ccc(C#CC2CCC(C3CCC(CCCC)CC3)CC2)cc1. The predicted octanol–water partition coefficient (Wildman–Crippen LogP) is 8.57. The molecule has 0 amide bonds. The van der Waals surface area contributed by atoms with Crippen LogP contribution in [0.2, 0.25) is 0 Å². The average molecular weight is 393 g/mol. The number of aryl methyl sites for hydroxylation is 1. The van der Waals surface area contributed by atoms with Crippen LogP contribution in [0.1, 0.15) is 115 Å². The van der Waals surface area contributed by atoms with Crippen LogP contribution in [0, 0.1) is 35.5 Å². The topological polar surface area (TPSA) is 0 Å². The zero-order valence-electron chi connectivity index (χ0n) is 19.2. The second kappa shape index (κ2) is 12.5. The second-order valence-electron chi connectivity index (χ2n) is 9.96. The third-order valence-electron chi connectivity index (χ3n) is 7.74. The summed E-state index contributed by atoms with van der Waals surface area (Å²) in [6, 6.07) is 9.04. The smallest absolute Gasteiger partial charge is 0.0245 e. The molecule has 0 nitrogen and oxygen atoms in total. The van der Waals surface area contributed by atoms with Crippen LogP contribution in [0.25, 0.3) is 0 Å². The molecule has 3 rings (SSSR count). The summed E-state index contributed by atoms with van der Waals surface area (Å²) in [5.41, 5.74) is 2.67. The standard InChI is InChI=1S/C29H44/c1-3-5-7-9-25-10-12-26(13-11-25)14-15-27-18-22-29(23-19-27)28-20-16-24(17-21-28)8-6-4-2/h10-13,24,27-29H,3-9,16-23H2,1-2H3. The molecule has 0 N–H and O–H groups in total. The van der Waals surface area contributed by atoms with E-state index in [1.807, 2.05) is 0 Å². The number of hydrogen-bond donors (Lipinski definition) is 0. The van der Waals surface area contributed by atoms with Crippen molar-refractivity contribution >= 4 is 0 Å². The Hall–Kier alpha value is -1.22. The van der Waals surface area contributed by atoms with E-state index in [4.69, 9.17) is 0 Å². The summed E-state index contributed by atoms with van der Waals surface area (Å²) in [5.74, 6) is 10.8. The summed E-state index contributed by atoms with van der Waals surface area (Å²) in [6.07, 6.45) is 21.1. The molecule has 0 spiro atoms. The molecule has 0 atom stereocenters. The van der Waals surface area contributed by atoms with E-state index >= 15 is 0 Å². The Bertz CT molecular complexity index is 612. The maximum Gasteiger partial charge on any atom is 0.0245 e. The molecule has 0 aliphatic heterocycles. The summed E-state index contributed by atoms with van der Waals surface area (Å²) >= 11 is 0. The molecular formula is C29H44. The summed E-state index contributed by atoms with van der Waals surface area (Å²) < 4.78 is 0. The highest BCUT2D eigenvalue weighted by Crippen LogP contribution is 2.42. The Labute approximate surface area is 181 Å². The van der Waals surface area contributed by atoms with Crippen molar-refractivity contribution in [3.63, 3.8) is 0 Å². The lowest BCUT2D eigenvalue weighted by atomic mass is 9.69. The molecule has 0 unspecified atom stereocenters. The van der Waals surface area contributed by atoms with E-state index in [1.165, 1.54) is 107 Å². The van der Waals surface area contributed by atoms with Gasteiger partial charge in [0.05, 0.1) is 0 Å². The van der Waals surface area contributed by atoms with E-state index in [2.05, 4.69) is 50.0 Å². The summed E-state index contributed by atoms with van der Waals surface area (Å²) in [6.45, 7) is 4.60. The lowest BCUT2D eigenvalue weighted by molar-refractivity contribution is 0.153. The minimum atomic E-state index is 0.636. The van der Waals surface area contributed by atoms with E-state index in [1.54, 1.807) is 0 Å². The van der Waals surface area contributed by atoms with Gasteiger partial charge in [-0.1, -0.05) is 82.8 Å². The maximum absolute atomic E-state index is 3.61. The quantitative estimate of drug-likeness (QED) is 0.307. The summed E-state index contributed by atoms with van der Waals surface area (Å²) in [7, 11) is 0. The molecule has 0 heterocycles. The molecule has 0 bridgehead atoms. The zero-order valence-corrected chi connectivity index (χ0v) is 19.2. The van der Waals surface area contributed by atoms with Crippen molar-refractivity contribution in [1.29, 1.82) is 0 Å². The monoisotopic (exact) mass is 392 g/mol. The van der Waals surface area contributed by atoms with Gasteiger partial charge in [0.2, 0.25) is 0 Å². The highest BCUT2D eigenvalue weighted by molar-refractivity contribution is 5.36. The molecule has 29 heavy (non-hydrogen) atoms. The molecular weight excluding hydrogens is 348 g/mol. The molecule has 0 radical (unpaired) electrons. The lowest BCUT2D eigenvalue weighted by Gasteiger charge is -2.37. The maximum atomic E-state index is 3.61. The van der Waals surface area contributed by atoms with Gasteiger partial charge in [-0.3, -0.25) is 0 Å². The molecule has 2 fully saturated rings. The zero-order chi connectivity index (χ0) is 20.3. The highest BCUT2D eigenvalue weighted by Gasteiger charge is 2.30. The Morgan fingerprint density at radius 1 is 0.724 bits per heavy atom. The molecule has 2 aliphatic carbocycles. The minimum Gasteiger partial charge on any atom is -0.0945 e.